The number of nitrogens with one attached hydrogen (secondary N) is 1. The molecule has 1 aromatic rings. The third kappa shape index (κ3) is 3.30. The number of rotatable bonds is 4. The summed E-state index contributed by atoms with van der Waals surface area (Å²) in [6.45, 7) is 0.156. The largest absolute Gasteiger partial charge is 0.396 e. The summed E-state index contributed by atoms with van der Waals surface area (Å²) in [5.74, 6) is 0.909. The van der Waals surface area contributed by atoms with E-state index in [0.717, 1.165) is 29.9 Å². The van der Waals surface area contributed by atoms with Crippen LogP contribution in [0, 0.1) is 5.92 Å². The molecule has 1 fully saturated rings. The minimum atomic E-state index is -0.301. The van der Waals surface area contributed by atoms with E-state index in [1.165, 1.54) is 0 Å². The van der Waals surface area contributed by atoms with Gasteiger partial charge in [-0.15, -0.1) is 11.8 Å². The van der Waals surface area contributed by atoms with Crippen LogP contribution in [-0.2, 0) is 4.79 Å². The number of amides is 1. The first kappa shape index (κ1) is 14.6. The summed E-state index contributed by atoms with van der Waals surface area (Å²) in [5.41, 5.74) is 1.08. The number of aliphatic imine (C=N–C) groups is 1. The maximum Gasteiger partial charge on any atom is 0.245 e. The normalized spacial score (nSPS) is 28.4. The van der Waals surface area contributed by atoms with E-state index < -0.39 is 0 Å². The van der Waals surface area contributed by atoms with Crippen LogP contribution in [0.25, 0.3) is 0 Å². The van der Waals surface area contributed by atoms with Crippen molar-refractivity contribution in [2.24, 2.45) is 10.9 Å². The number of aliphatic hydroxyl groups is 1. The van der Waals surface area contributed by atoms with Crippen molar-refractivity contribution in [3.8, 4) is 0 Å². The zero-order chi connectivity index (χ0) is 14.7. The van der Waals surface area contributed by atoms with Crippen molar-refractivity contribution in [2.45, 2.75) is 31.3 Å². The first-order chi connectivity index (χ1) is 10.3. The number of nitrogens with zero attached hydrogens (tertiary/aromatic N) is 1. The molecule has 1 amide bonds. The maximum absolute atomic E-state index is 12.3. The van der Waals surface area contributed by atoms with Gasteiger partial charge in [0.05, 0.1) is 5.04 Å². The summed E-state index contributed by atoms with van der Waals surface area (Å²) >= 11 is 1.64. The molecule has 1 aromatic carbocycles. The van der Waals surface area contributed by atoms with Gasteiger partial charge in [-0.25, -0.2) is 0 Å². The fourth-order valence-corrected chi connectivity index (χ4v) is 4.02. The number of hydrogen-bond donors (Lipinski definition) is 2. The molecule has 1 aliphatic heterocycles. The molecule has 3 unspecified atom stereocenters. The Balaban J connectivity index is 1.63. The average molecular weight is 304 g/mol. The lowest BCUT2D eigenvalue weighted by molar-refractivity contribution is -0.122. The second kappa shape index (κ2) is 6.62. The number of hydrogen-bond acceptors (Lipinski definition) is 4. The van der Waals surface area contributed by atoms with E-state index in [2.05, 4.69) is 10.3 Å². The van der Waals surface area contributed by atoms with Crippen molar-refractivity contribution >= 4 is 22.7 Å². The fourth-order valence-electron chi connectivity index (χ4n) is 2.97. The molecule has 1 saturated carbocycles. The van der Waals surface area contributed by atoms with Crippen molar-refractivity contribution in [1.82, 2.24) is 5.32 Å². The SMILES string of the molecule is O=C(NC1CCCC1CO)C1CSC(c2ccccc2)=N1. The smallest absolute Gasteiger partial charge is 0.245 e. The lowest BCUT2D eigenvalue weighted by atomic mass is 10.0. The van der Waals surface area contributed by atoms with Gasteiger partial charge in [0.2, 0.25) is 5.91 Å². The van der Waals surface area contributed by atoms with Crippen LogP contribution >= 0.6 is 11.8 Å². The zero-order valence-corrected chi connectivity index (χ0v) is 12.7. The van der Waals surface area contributed by atoms with Crippen molar-refractivity contribution in [3.63, 3.8) is 0 Å². The molecular weight excluding hydrogens is 284 g/mol. The summed E-state index contributed by atoms with van der Waals surface area (Å²) in [7, 11) is 0. The topological polar surface area (TPSA) is 61.7 Å². The molecule has 3 atom stereocenters. The molecule has 1 aliphatic carbocycles. The van der Waals surface area contributed by atoms with E-state index in [9.17, 15) is 9.90 Å². The van der Waals surface area contributed by atoms with Gasteiger partial charge in [-0.2, -0.15) is 0 Å². The molecule has 0 bridgehead atoms. The Morgan fingerprint density at radius 3 is 2.90 bits per heavy atom. The van der Waals surface area contributed by atoms with Crippen LogP contribution in [0.5, 0.6) is 0 Å². The Kier molecular flexibility index (Phi) is 4.60. The number of benzene rings is 1. The predicted molar refractivity (Wildman–Crippen MR) is 85.6 cm³/mol. The van der Waals surface area contributed by atoms with Gasteiger partial charge in [-0.3, -0.25) is 9.79 Å². The molecule has 112 valence electrons. The molecule has 2 N–H and O–H groups in total. The lowest BCUT2D eigenvalue weighted by Crippen LogP contribution is -2.43. The van der Waals surface area contributed by atoms with Crippen LogP contribution in [0.2, 0.25) is 0 Å². The van der Waals surface area contributed by atoms with Crippen LogP contribution in [0.3, 0.4) is 0 Å². The van der Waals surface area contributed by atoms with E-state index in [0.29, 0.717) is 5.75 Å². The minimum Gasteiger partial charge on any atom is -0.396 e. The zero-order valence-electron chi connectivity index (χ0n) is 11.9. The molecule has 0 spiro atoms. The number of thioether (sulfide) groups is 1. The third-order valence-corrected chi connectivity index (χ3v) is 5.29. The Bertz CT molecular complexity index is 532. The highest BCUT2D eigenvalue weighted by Gasteiger charge is 2.32. The lowest BCUT2D eigenvalue weighted by Gasteiger charge is -2.20. The molecule has 5 heteroatoms. The van der Waals surface area contributed by atoms with Gasteiger partial charge in [-0.1, -0.05) is 36.8 Å². The van der Waals surface area contributed by atoms with Crippen LogP contribution in [0.1, 0.15) is 24.8 Å². The molecule has 21 heavy (non-hydrogen) atoms. The second-order valence-electron chi connectivity index (χ2n) is 5.62. The highest BCUT2D eigenvalue weighted by molar-refractivity contribution is 8.14. The summed E-state index contributed by atoms with van der Waals surface area (Å²) in [5, 5.41) is 13.3. The second-order valence-corrected chi connectivity index (χ2v) is 6.62. The van der Waals surface area contributed by atoms with Crippen LogP contribution in [0.15, 0.2) is 35.3 Å². The van der Waals surface area contributed by atoms with E-state index in [-0.39, 0.29) is 30.5 Å². The van der Waals surface area contributed by atoms with Crippen molar-refractivity contribution in [1.29, 1.82) is 0 Å². The van der Waals surface area contributed by atoms with E-state index >= 15 is 0 Å². The average Bonchev–Trinajstić information content (AvgIpc) is 3.17. The molecule has 0 radical (unpaired) electrons. The van der Waals surface area contributed by atoms with Crippen molar-refractivity contribution in [3.05, 3.63) is 35.9 Å². The number of carbonyl (C=O) groups is 1. The predicted octanol–water partition coefficient (Wildman–Crippen LogP) is 1.83. The molecule has 0 aromatic heterocycles. The highest BCUT2D eigenvalue weighted by atomic mass is 32.2. The highest BCUT2D eigenvalue weighted by Crippen LogP contribution is 2.27. The van der Waals surface area contributed by atoms with Gasteiger partial charge in [0.1, 0.15) is 6.04 Å². The van der Waals surface area contributed by atoms with Gasteiger partial charge < -0.3 is 10.4 Å². The Morgan fingerprint density at radius 2 is 2.14 bits per heavy atom. The third-order valence-electron chi connectivity index (χ3n) is 4.20. The monoisotopic (exact) mass is 304 g/mol. The maximum atomic E-state index is 12.3. The van der Waals surface area contributed by atoms with Crippen molar-refractivity contribution in [2.75, 3.05) is 12.4 Å². The number of carbonyl (C=O) groups excluding carboxylic acids is 1. The van der Waals surface area contributed by atoms with E-state index in [4.69, 9.17) is 0 Å². The first-order valence-corrected chi connectivity index (χ1v) is 8.43. The number of aliphatic hydroxyl groups excluding tert-OH is 1. The Morgan fingerprint density at radius 1 is 1.33 bits per heavy atom. The Labute approximate surface area is 129 Å². The van der Waals surface area contributed by atoms with Crippen LogP contribution in [-0.4, -0.2) is 40.5 Å². The van der Waals surface area contributed by atoms with Gasteiger partial charge in [0.25, 0.3) is 0 Å². The van der Waals surface area contributed by atoms with Gasteiger partial charge in [0.15, 0.2) is 0 Å². The van der Waals surface area contributed by atoms with Gasteiger partial charge >= 0.3 is 0 Å². The van der Waals surface area contributed by atoms with Crippen LogP contribution < -0.4 is 5.32 Å². The fraction of sp³-hybridized carbons (Fsp3) is 0.500. The molecule has 4 nitrogen and oxygen atoms in total. The van der Waals surface area contributed by atoms with Gasteiger partial charge in [0, 0.05) is 29.9 Å². The molecule has 0 saturated heterocycles. The Hall–Kier alpha value is -1.33. The summed E-state index contributed by atoms with van der Waals surface area (Å²) in [6, 6.07) is 9.79. The quantitative estimate of drug-likeness (QED) is 0.892. The van der Waals surface area contributed by atoms with Crippen LogP contribution in [0.4, 0.5) is 0 Å². The summed E-state index contributed by atoms with van der Waals surface area (Å²) < 4.78 is 0. The van der Waals surface area contributed by atoms with E-state index in [1.54, 1.807) is 11.8 Å². The van der Waals surface area contributed by atoms with Crippen molar-refractivity contribution < 1.29 is 9.90 Å². The first-order valence-electron chi connectivity index (χ1n) is 7.45. The minimum absolute atomic E-state index is 0.00113. The standard InChI is InChI=1S/C16H20N2O2S/c19-9-12-7-4-8-13(12)17-15(20)14-10-21-16(18-14)11-5-2-1-3-6-11/h1-3,5-6,12-14,19H,4,7-10H2,(H,17,20). The molecule has 3 rings (SSSR count). The molecule has 2 aliphatic rings. The summed E-state index contributed by atoms with van der Waals surface area (Å²) in [4.78, 5) is 16.9. The summed E-state index contributed by atoms with van der Waals surface area (Å²) in [6.07, 6.45) is 3.04. The van der Waals surface area contributed by atoms with Gasteiger partial charge in [-0.05, 0) is 12.8 Å². The van der Waals surface area contributed by atoms with E-state index in [1.807, 2.05) is 30.3 Å². The molecule has 1 heterocycles. The molecular formula is C16H20N2O2S.